The van der Waals surface area contributed by atoms with E-state index in [9.17, 15) is 0 Å². The van der Waals surface area contributed by atoms with E-state index in [-0.39, 0.29) is 11.1 Å². The summed E-state index contributed by atoms with van der Waals surface area (Å²) < 4.78 is 13.9. The number of fused-ring (bicyclic) bond motifs is 12. The molecule has 0 aliphatic rings. The van der Waals surface area contributed by atoms with E-state index in [4.69, 9.17) is 4.42 Å². The number of benzene rings is 8. The summed E-state index contributed by atoms with van der Waals surface area (Å²) in [4.78, 5) is 0. The maximum Gasteiger partial charge on any atom is 0.135 e. The molecule has 2 atom stereocenters. The van der Waals surface area contributed by atoms with Gasteiger partial charge in [-0.3, -0.25) is 0 Å². The summed E-state index contributed by atoms with van der Waals surface area (Å²) in [6.07, 6.45) is 3.01. The summed E-state index contributed by atoms with van der Waals surface area (Å²) >= 11 is 0. The van der Waals surface area contributed by atoms with Gasteiger partial charge in [-0.2, -0.15) is 0 Å². The van der Waals surface area contributed by atoms with Crippen LogP contribution < -0.4 is 0 Å². The van der Waals surface area contributed by atoms with Crippen LogP contribution in [0, 0.1) is 0 Å². The summed E-state index contributed by atoms with van der Waals surface area (Å²) in [6.45, 7) is 9.54. The van der Waals surface area contributed by atoms with E-state index in [1.807, 2.05) is 12.1 Å². The van der Waals surface area contributed by atoms with E-state index < -0.39 is 0 Å². The number of aromatic nitrogens is 3. The van der Waals surface area contributed by atoms with Gasteiger partial charge in [-0.15, -0.1) is 0 Å². The van der Waals surface area contributed by atoms with Crippen molar-refractivity contribution in [1.29, 1.82) is 0 Å². The van der Waals surface area contributed by atoms with Crippen molar-refractivity contribution in [1.82, 2.24) is 13.7 Å². The second kappa shape index (κ2) is 13.2. The lowest BCUT2D eigenvalue weighted by Crippen LogP contribution is -2.32. The van der Waals surface area contributed by atoms with E-state index >= 15 is 0 Å². The molecule has 12 aromatic rings. The van der Waals surface area contributed by atoms with Gasteiger partial charge in [0.2, 0.25) is 0 Å². The Hall–Kier alpha value is -7.04. The third-order valence-corrected chi connectivity index (χ3v) is 14.2. The molecule has 0 fully saturated rings. The summed E-state index contributed by atoms with van der Waals surface area (Å²) in [5, 5.41) is 10.00. The van der Waals surface area contributed by atoms with Crippen molar-refractivity contribution >= 4 is 87.4 Å². The molecule has 0 amide bonds. The highest BCUT2D eigenvalue weighted by Gasteiger charge is 2.35. The first-order valence-electron chi connectivity index (χ1n) is 21.9. The molecule has 0 N–H and O–H groups in total. The zero-order chi connectivity index (χ0) is 41.0. The van der Waals surface area contributed by atoms with Crippen molar-refractivity contribution in [3.05, 3.63) is 187 Å². The van der Waals surface area contributed by atoms with Gasteiger partial charge in [0.1, 0.15) is 11.2 Å². The molecule has 61 heavy (non-hydrogen) atoms. The van der Waals surface area contributed by atoms with Crippen LogP contribution in [0.3, 0.4) is 0 Å². The first-order chi connectivity index (χ1) is 29.9. The molecule has 4 aromatic heterocycles. The predicted molar refractivity (Wildman–Crippen MR) is 258 cm³/mol. The number of nitrogens with zero attached hydrogens (tertiary/aromatic N) is 3. The zero-order valence-electron chi connectivity index (χ0n) is 35.1. The number of hydrogen-bond donors (Lipinski definition) is 0. The lowest BCUT2D eigenvalue weighted by Gasteiger charge is -2.35. The van der Waals surface area contributed by atoms with Gasteiger partial charge in [-0.1, -0.05) is 123 Å². The largest absolute Gasteiger partial charge is 0.456 e. The minimum atomic E-state index is -0.339. The zero-order valence-corrected chi connectivity index (χ0v) is 35.1. The molecule has 0 spiro atoms. The highest BCUT2D eigenvalue weighted by Crippen LogP contribution is 2.46. The van der Waals surface area contributed by atoms with Gasteiger partial charge in [-0.25, -0.2) is 0 Å². The third kappa shape index (κ3) is 4.99. The van der Waals surface area contributed by atoms with Crippen LogP contribution in [0.5, 0.6) is 0 Å². The van der Waals surface area contributed by atoms with Gasteiger partial charge >= 0.3 is 0 Å². The maximum absolute atomic E-state index is 6.23. The van der Waals surface area contributed by atoms with Gasteiger partial charge in [0, 0.05) is 70.8 Å². The van der Waals surface area contributed by atoms with Crippen molar-refractivity contribution in [2.45, 2.75) is 58.0 Å². The van der Waals surface area contributed by atoms with Crippen LogP contribution in [0.4, 0.5) is 0 Å². The summed E-state index contributed by atoms with van der Waals surface area (Å²) in [5.41, 5.74) is 12.5. The predicted octanol–water partition coefficient (Wildman–Crippen LogP) is 15.6. The van der Waals surface area contributed by atoms with Gasteiger partial charge in [0.25, 0.3) is 0 Å². The van der Waals surface area contributed by atoms with Crippen molar-refractivity contribution in [2.75, 3.05) is 0 Å². The van der Waals surface area contributed by atoms with E-state index in [0.29, 0.717) is 0 Å². The molecule has 4 heteroatoms. The van der Waals surface area contributed by atoms with E-state index in [1.54, 1.807) is 0 Å². The molecule has 4 heterocycles. The number of hydrogen-bond acceptors (Lipinski definition) is 1. The maximum atomic E-state index is 6.23. The minimum Gasteiger partial charge on any atom is -0.456 e. The normalized spacial score (nSPS) is 14.4. The van der Waals surface area contributed by atoms with Crippen LogP contribution in [0.15, 0.2) is 180 Å². The Balaban J connectivity index is 1.05. The molecule has 0 saturated carbocycles. The fourth-order valence-electron chi connectivity index (χ4n) is 11.1. The highest BCUT2D eigenvalue weighted by molar-refractivity contribution is 6.12. The highest BCUT2D eigenvalue weighted by atomic mass is 16.3. The van der Waals surface area contributed by atoms with Crippen molar-refractivity contribution in [3.63, 3.8) is 0 Å². The smallest absolute Gasteiger partial charge is 0.135 e. The van der Waals surface area contributed by atoms with Gasteiger partial charge in [0.05, 0.1) is 22.1 Å². The van der Waals surface area contributed by atoms with Crippen LogP contribution >= 0.6 is 0 Å². The Morgan fingerprint density at radius 2 is 0.836 bits per heavy atom. The van der Waals surface area contributed by atoms with E-state index in [1.165, 1.54) is 76.5 Å². The molecular weight excluding hydrogens is 743 g/mol. The van der Waals surface area contributed by atoms with Crippen molar-refractivity contribution < 1.29 is 4.42 Å². The molecule has 12 rings (SSSR count). The topological polar surface area (TPSA) is 27.9 Å². The third-order valence-electron chi connectivity index (χ3n) is 14.2. The standard InChI is InChI=1S/C57H47N3O/c1-5-33-57(4,60-50-23-13-8-17-40(50)41-18-9-14-24-51(41)60)38-28-31-53-46(35-38)43-20-10-15-25-52(43)59(53)56(3,6-2)37-27-30-49-45(34-37)42-19-7-12-22-48(42)58(49)39-29-32-55-47(36-39)44-21-11-16-26-54(44)61-55/h7-32,34-36H,5-6,33H2,1-4H3/t56-,57?/m0/s1. The van der Waals surface area contributed by atoms with Crippen LogP contribution in [0.2, 0.25) is 0 Å². The Morgan fingerprint density at radius 1 is 0.393 bits per heavy atom. The average Bonchev–Trinajstić information content (AvgIpc) is 4.05. The van der Waals surface area contributed by atoms with Crippen molar-refractivity contribution in [2.24, 2.45) is 0 Å². The molecule has 4 nitrogen and oxygen atoms in total. The lowest BCUT2D eigenvalue weighted by atomic mass is 9.85. The van der Waals surface area contributed by atoms with Crippen LogP contribution in [0.25, 0.3) is 93.0 Å². The minimum absolute atomic E-state index is 0.266. The first-order valence-corrected chi connectivity index (χ1v) is 21.9. The van der Waals surface area contributed by atoms with Crippen LogP contribution in [0.1, 0.15) is 58.1 Å². The number of furan rings is 1. The van der Waals surface area contributed by atoms with Gasteiger partial charge < -0.3 is 18.1 Å². The quantitative estimate of drug-likeness (QED) is 0.151. The number of rotatable bonds is 8. The average molecular weight is 790 g/mol. The molecule has 0 aliphatic carbocycles. The van der Waals surface area contributed by atoms with Gasteiger partial charge in [-0.05, 0) is 111 Å². The second-order valence-corrected chi connectivity index (χ2v) is 17.5. The van der Waals surface area contributed by atoms with E-state index in [2.05, 4.69) is 205 Å². The first kappa shape index (κ1) is 35.9. The molecule has 296 valence electrons. The lowest BCUT2D eigenvalue weighted by molar-refractivity contribution is 0.380. The molecule has 0 aliphatic heterocycles. The van der Waals surface area contributed by atoms with Crippen LogP contribution in [-0.2, 0) is 11.1 Å². The Bertz CT molecular complexity index is 3650. The molecule has 0 saturated heterocycles. The summed E-state index contributed by atoms with van der Waals surface area (Å²) in [5.74, 6) is 0. The van der Waals surface area contributed by atoms with Crippen molar-refractivity contribution in [3.8, 4) is 5.69 Å². The summed E-state index contributed by atoms with van der Waals surface area (Å²) in [7, 11) is 0. The van der Waals surface area contributed by atoms with Gasteiger partial charge in [0.15, 0.2) is 0 Å². The Labute approximate surface area is 354 Å². The Kier molecular flexibility index (Phi) is 7.78. The molecular formula is C57H47N3O. The van der Waals surface area contributed by atoms with Crippen LogP contribution in [-0.4, -0.2) is 13.7 Å². The molecule has 0 radical (unpaired) electrons. The Morgan fingerprint density at radius 3 is 1.46 bits per heavy atom. The summed E-state index contributed by atoms with van der Waals surface area (Å²) in [6, 6.07) is 65.2. The fourth-order valence-corrected chi connectivity index (χ4v) is 11.1. The molecule has 0 bridgehead atoms. The second-order valence-electron chi connectivity index (χ2n) is 17.5. The molecule has 1 unspecified atom stereocenters. The molecule has 8 aromatic carbocycles. The fraction of sp³-hybridized carbons (Fsp3) is 0.158. The monoisotopic (exact) mass is 789 g/mol. The number of para-hydroxylation sites is 5. The SMILES string of the molecule is CCCC(C)(c1ccc2c(c1)c1ccccc1n2[C@@](C)(CC)c1ccc2c(c1)c1ccccc1n2-c1ccc2oc3ccccc3c2c1)n1c2ccccc2c2ccccc21. The van der Waals surface area contributed by atoms with E-state index in [0.717, 1.165) is 46.9 Å².